The molecule has 0 aliphatic carbocycles. The van der Waals surface area contributed by atoms with Gasteiger partial charge in [-0.15, -0.1) is 11.3 Å². The van der Waals surface area contributed by atoms with E-state index in [4.69, 9.17) is 20.8 Å². The summed E-state index contributed by atoms with van der Waals surface area (Å²) in [5, 5.41) is 5.52. The van der Waals surface area contributed by atoms with Gasteiger partial charge in [0.05, 0.1) is 12.9 Å². The van der Waals surface area contributed by atoms with Gasteiger partial charge in [0.15, 0.2) is 5.76 Å². The second-order valence-electron chi connectivity index (χ2n) is 5.01. The topological polar surface area (TPSA) is 68.5 Å². The predicted octanol–water partition coefficient (Wildman–Crippen LogP) is 5.09. The first-order valence-corrected chi connectivity index (χ1v) is 8.75. The van der Waals surface area contributed by atoms with Gasteiger partial charge in [0.25, 0.3) is 5.91 Å². The average molecular weight is 376 g/mol. The van der Waals surface area contributed by atoms with Crippen LogP contribution in [0.4, 0.5) is 5.00 Å². The van der Waals surface area contributed by atoms with Crippen molar-refractivity contribution in [3.8, 4) is 11.1 Å². The molecule has 3 aromatic rings. The number of esters is 1. The van der Waals surface area contributed by atoms with Gasteiger partial charge in [0.2, 0.25) is 0 Å². The maximum absolute atomic E-state index is 12.4. The van der Waals surface area contributed by atoms with E-state index >= 15 is 0 Å². The molecule has 128 valence electrons. The lowest BCUT2D eigenvalue weighted by Crippen LogP contribution is -2.14. The number of hydrogen-bond acceptors (Lipinski definition) is 5. The molecule has 1 aromatic carbocycles. The number of nitrogens with one attached hydrogen (secondary N) is 1. The van der Waals surface area contributed by atoms with E-state index in [1.54, 1.807) is 36.6 Å². The number of furan rings is 1. The Bertz CT molecular complexity index is 884. The molecule has 0 radical (unpaired) electrons. The molecule has 0 fully saturated rings. The summed E-state index contributed by atoms with van der Waals surface area (Å²) in [4.78, 5) is 24.7. The molecule has 25 heavy (non-hydrogen) atoms. The Kier molecular flexibility index (Phi) is 5.21. The summed E-state index contributed by atoms with van der Waals surface area (Å²) in [5.41, 5.74) is 1.80. The van der Waals surface area contributed by atoms with Crippen LogP contribution in [0.25, 0.3) is 11.1 Å². The van der Waals surface area contributed by atoms with Gasteiger partial charge in [-0.1, -0.05) is 23.7 Å². The Labute approximate surface area is 153 Å². The van der Waals surface area contributed by atoms with E-state index in [9.17, 15) is 9.59 Å². The third-order valence-corrected chi connectivity index (χ3v) is 4.55. The van der Waals surface area contributed by atoms with Gasteiger partial charge < -0.3 is 14.5 Å². The molecule has 2 heterocycles. The van der Waals surface area contributed by atoms with Crippen LogP contribution < -0.4 is 5.32 Å². The number of anilines is 1. The predicted molar refractivity (Wildman–Crippen MR) is 97.4 cm³/mol. The Hall–Kier alpha value is -2.57. The van der Waals surface area contributed by atoms with Crippen LogP contribution in [0.5, 0.6) is 0 Å². The van der Waals surface area contributed by atoms with Crippen LogP contribution in [0.3, 0.4) is 0 Å². The van der Waals surface area contributed by atoms with Crippen molar-refractivity contribution in [2.75, 3.05) is 11.9 Å². The van der Waals surface area contributed by atoms with E-state index in [0.717, 1.165) is 5.56 Å². The van der Waals surface area contributed by atoms with E-state index in [1.165, 1.54) is 17.6 Å². The van der Waals surface area contributed by atoms with Crippen LogP contribution >= 0.6 is 22.9 Å². The largest absolute Gasteiger partial charge is 0.462 e. The van der Waals surface area contributed by atoms with E-state index in [0.29, 0.717) is 21.2 Å². The summed E-state index contributed by atoms with van der Waals surface area (Å²) < 4.78 is 10.2. The monoisotopic (exact) mass is 375 g/mol. The fourth-order valence-electron chi connectivity index (χ4n) is 2.27. The van der Waals surface area contributed by atoms with Gasteiger partial charge in [0.1, 0.15) is 10.6 Å². The molecule has 1 N–H and O–H groups in total. The average Bonchev–Trinajstić information content (AvgIpc) is 3.25. The zero-order valence-electron chi connectivity index (χ0n) is 13.2. The molecule has 0 bridgehead atoms. The lowest BCUT2D eigenvalue weighted by Gasteiger charge is -2.08. The molecule has 7 heteroatoms. The fourth-order valence-corrected chi connectivity index (χ4v) is 3.35. The van der Waals surface area contributed by atoms with Crippen LogP contribution in [-0.2, 0) is 4.74 Å². The third-order valence-electron chi connectivity index (χ3n) is 3.40. The molecule has 0 saturated carbocycles. The van der Waals surface area contributed by atoms with Crippen LogP contribution in [-0.4, -0.2) is 18.5 Å². The lowest BCUT2D eigenvalue weighted by atomic mass is 10.0. The minimum atomic E-state index is -0.497. The molecule has 0 unspecified atom stereocenters. The highest BCUT2D eigenvalue weighted by atomic mass is 35.5. The molecule has 0 spiro atoms. The Morgan fingerprint density at radius 3 is 2.64 bits per heavy atom. The zero-order chi connectivity index (χ0) is 17.8. The van der Waals surface area contributed by atoms with Crippen molar-refractivity contribution in [3.05, 3.63) is 64.4 Å². The van der Waals surface area contributed by atoms with Crippen molar-refractivity contribution in [3.63, 3.8) is 0 Å². The van der Waals surface area contributed by atoms with Gasteiger partial charge in [-0.3, -0.25) is 4.79 Å². The van der Waals surface area contributed by atoms with Gasteiger partial charge in [-0.25, -0.2) is 4.79 Å². The first kappa shape index (κ1) is 17.3. The molecule has 3 rings (SSSR count). The highest BCUT2D eigenvalue weighted by Crippen LogP contribution is 2.36. The molecule has 0 aliphatic heterocycles. The highest BCUT2D eigenvalue weighted by Gasteiger charge is 2.23. The minimum absolute atomic E-state index is 0.163. The highest BCUT2D eigenvalue weighted by molar-refractivity contribution is 7.15. The summed E-state index contributed by atoms with van der Waals surface area (Å²) >= 11 is 7.17. The lowest BCUT2D eigenvalue weighted by molar-refractivity contribution is 0.0529. The van der Waals surface area contributed by atoms with Gasteiger partial charge in [0, 0.05) is 16.0 Å². The first-order chi connectivity index (χ1) is 12.1. The summed E-state index contributed by atoms with van der Waals surface area (Å²) in [6.45, 7) is 1.97. The third kappa shape index (κ3) is 3.75. The van der Waals surface area contributed by atoms with Crippen molar-refractivity contribution in [1.29, 1.82) is 0 Å². The summed E-state index contributed by atoms with van der Waals surface area (Å²) in [5.74, 6) is -0.764. The Balaban J connectivity index is 1.99. The van der Waals surface area contributed by atoms with Gasteiger partial charge in [-0.2, -0.15) is 0 Å². The maximum Gasteiger partial charge on any atom is 0.341 e. The number of halogens is 1. The molecule has 1 amide bonds. The number of carbonyl (C=O) groups is 2. The number of rotatable bonds is 5. The number of ether oxygens (including phenoxy) is 1. The van der Waals surface area contributed by atoms with Crippen molar-refractivity contribution >= 4 is 39.8 Å². The molecule has 0 aliphatic rings. The van der Waals surface area contributed by atoms with Gasteiger partial charge >= 0.3 is 5.97 Å². The van der Waals surface area contributed by atoms with E-state index in [-0.39, 0.29) is 12.4 Å². The number of carbonyl (C=O) groups excluding carboxylic acids is 2. The Morgan fingerprint density at radius 2 is 2.00 bits per heavy atom. The van der Waals surface area contributed by atoms with Crippen molar-refractivity contribution in [2.45, 2.75) is 6.92 Å². The molecule has 0 atom stereocenters. The fraction of sp³-hybridized carbons (Fsp3) is 0.111. The van der Waals surface area contributed by atoms with Crippen molar-refractivity contribution < 1.29 is 18.7 Å². The minimum Gasteiger partial charge on any atom is -0.462 e. The Morgan fingerprint density at radius 1 is 1.24 bits per heavy atom. The zero-order valence-corrected chi connectivity index (χ0v) is 14.8. The molecule has 0 saturated heterocycles. The second kappa shape index (κ2) is 7.55. The summed E-state index contributed by atoms with van der Waals surface area (Å²) in [6.07, 6.45) is 1.41. The normalized spacial score (nSPS) is 10.5. The maximum atomic E-state index is 12.4. The molecule has 2 aromatic heterocycles. The summed E-state index contributed by atoms with van der Waals surface area (Å²) in [7, 11) is 0. The van der Waals surface area contributed by atoms with Crippen LogP contribution in [0.2, 0.25) is 5.02 Å². The SMILES string of the molecule is CCOC(=O)c1c(-c2ccc(Cl)cc2)csc1NC(=O)c1ccco1. The molecular formula is C18H14ClNO4S. The first-order valence-electron chi connectivity index (χ1n) is 7.49. The standard InChI is InChI=1S/C18H14ClNO4S/c1-2-23-18(22)15-13(11-5-7-12(19)8-6-11)10-25-17(15)20-16(21)14-4-3-9-24-14/h3-10H,2H2,1H3,(H,20,21). The second-order valence-corrected chi connectivity index (χ2v) is 6.33. The quantitative estimate of drug-likeness (QED) is 0.630. The van der Waals surface area contributed by atoms with Crippen LogP contribution in [0.15, 0.2) is 52.5 Å². The summed E-state index contributed by atoms with van der Waals surface area (Å²) in [6, 6.07) is 10.3. The van der Waals surface area contributed by atoms with Crippen LogP contribution in [0, 0.1) is 0 Å². The smallest absolute Gasteiger partial charge is 0.341 e. The van der Waals surface area contributed by atoms with Crippen molar-refractivity contribution in [1.82, 2.24) is 0 Å². The van der Waals surface area contributed by atoms with E-state index < -0.39 is 11.9 Å². The van der Waals surface area contributed by atoms with E-state index in [2.05, 4.69) is 5.32 Å². The number of benzene rings is 1. The van der Waals surface area contributed by atoms with E-state index in [1.807, 2.05) is 12.1 Å². The number of amides is 1. The number of thiophene rings is 1. The van der Waals surface area contributed by atoms with Crippen molar-refractivity contribution in [2.24, 2.45) is 0 Å². The number of hydrogen-bond donors (Lipinski definition) is 1. The molecular weight excluding hydrogens is 362 g/mol. The molecule has 5 nitrogen and oxygen atoms in total. The van der Waals surface area contributed by atoms with Gasteiger partial charge in [-0.05, 0) is 36.8 Å². The van der Waals surface area contributed by atoms with Crippen LogP contribution in [0.1, 0.15) is 27.8 Å².